The van der Waals surface area contributed by atoms with E-state index in [4.69, 9.17) is 4.74 Å². The molecule has 2 aromatic carbocycles. The first kappa shape index (κ1) is 17.0. The maximum Gasteiger partial charge on any atom is 0.343 e. The predicted octanol–water partition coefficient (Wildman–Crippen LogP) is 1.97. The van der Waals surface area contributed by atoms with Crippen molar-refractivity contribution in [1.82, 2.24) is 15.2 Å². The Morgan fingerprint density at radius 2 is 1.88 bits per heavy atom. The highest BCUT2D eigenvalue weighted by atomic mass is 19.1. The van der Waals surface area contributed by atoms with Crippen LogP contribution in [-0.2, 0) is 0 Å². The number of hydrogen-bond donors (Lipinski definition) is 2. The number of nitrogens with zero attached hydrogens (tertiary/aromatic N) is 3. The smallest absolute Gasteiger partial charge is 0.343 e. The lowest BCUT2D eigenvalue weighted by molar-refractivity contribution is 0.0734. The van der Waals surface area contributed by atoms with Gasteiger partial charge in [0, 0.05) is 0 Å². The minimum Gasteiger partial charge on any atom is -0.423 e. The van der Waals surface area contributed by atoms with Crippen LogP contribution in [0.15, 0.2) is 64.6 Å². The van der Waals surface area contributed by atoms with Crippen molar-refractivity contribution in [2.24, 2.45) is 5.10 Å². The van der Waals surface area contributed by atoms with E-state index in [2.05, 4.69) is 25.7 Å². The van der Waals surface area contributed by atoms with Gasteiger partial charge in [0.25, 0.3) is 5.56 Å². The standard InChI is InChI=1S/C17H12FN5O3/c18-13-5-3-12(4-6-13)16(25)26-14-7-1-11(2-8-14)9-19-22-17-21-15(24)10-20-23-17/h1-10H,(H2,21,22,23,24)/b19-9+. The number of hydrazone groups is 1. The number of aromatic amines is 1. The summed E-state index contributed by atoms with van der Waals surface area (Å²) in [7, 11) is 0. The molecular weight excluding hydrogens is 341 g/mol. The van der Waals surface area contributed by atoms with Crippen molar-refractivity contribution in [3.8, 4) is 5.75 Å². The van der Waals surface area contributed by atoms with Gasteiger partial charge in [-0.15, -0.1) is 10.2 Å². The molecule has 0 spiro atoms. The summed E-state index contributed by atoms with van der Waals surface area (Å²) in [5, 5.41) is 11.0. The van der Waals surface area contributed by atoms with Gasteiger partial charge in [0.1, 0.15) is 17.8 Å². The lowest BCUT2D eigenvalue weighted by atomic mass is 10.2. The zero-order chi connectivity index (χ0) is 18.4. The fourth-order valence-corrected chi connectivity index (χ4v) is 1.91. The summed E-state index contributed by atoms with van der Waals surface area (Å²) in [4.78, 5) is 25.4. The second-order valence-electron chi connectivity index (χ2n) is 5.02. The van der Waals surface area contributed by atoms with E-state index in [1.807, 2.05) is 0 Å². The van der Waals surface area contributed by atoms with E-state index in [1.165, 1.54) is 30.5 Å². The van der Waals surface area contributed by atoms with Crippen molar-refractivity contribution >= 4 is 18.1 Å². The Balaban J connectivity index is 1.59. The average Bonchev–Trinajstić information content (AvgIpc) is 2.64. The molecule has 9 heteroatoms. The zero-order valence-corrected chi connectivity index (χ0v) is 13.2. The third kappa shape index (κ3) is 4.57. The van der Waals surface area contributed by atoms with Gasteiger partial charge in [0.2, 0.25) is 5.95 Å². The second-order valence-corrected chi connectivity index (χ2v) is 5.02. The van der Waals surface area contributed by atoms with Gasteiger partial charge in [-0.3, -0.25) is 9.78 Å². The number of carbonyl (C=O) groups excluding carboxylic acids is 1. The van der Waals surface area contributed by atoms with Crippen LogP contribution < -0.4 is 15.7 Å². The van der Waals surface area contributed by atoms with Crippen LogP contribution in [0.1, 0.15) is 15.9 Å². The number of benzene rings is 2. The molecule has 0 saturated carbocycles. The summed E-state index contributed by atoms with van der Waals surface area (Å²) >= 11 is 0. The van der Waals surface area contributed by atoms with Crippen LogP contribution in [0.2, 0.25) is 0 Å². The van der Waals surface area contributed by atoms with Gasteiger partial charge in [-0.1, -0.05) is 0 Å². The van der Waals surface area contributed by atoms with E-state index in [1.54, 1.807) is 24.3 Å². The third-order valence-corrected chi connectivity index (χ3v) is 3.13. The zero-order valence-electron chi connectivity index (χ0n) is 13.2. The molecule has 0 saturated heterocycles. The van der Waals surface area contributed by atoms with Crippen molar-refractivity contribution in [2.75, 3.05) is 5.43 Å². The van der Waals surface area contributed by atoms with Crippen LogP contribution >= 0.6 is 0 Å². The first-order valence-electron chi connectivity index (χ1n) is 7.39. The summed E-state index contributed by atoms with van der Waals surface area (Å²) in [6.07, 6.45) is 2.53. The molecule has 8 nitrogen and oxygen atoms in total. The first-order chi connectivity index (χ1) is 12.6. The fourth-order valence-electron chi connectivity index (χ4n) is 1.91. The molecule has 1 aromatic heterocycles. The topological polar surface area (TPSA) is 109 Å². The maximum absolute atomic E-state index is 12.9. The number of hydrogen-bond acceptors (Lipinski definition) is 7. The number of anilines is 1. The molecule has 3 aromatic rings. The molecule has 0 radical (unpaired) electrons. The van der Waals surface area contributed by atoms with Crippen molar-refractivity contribution in [2.45, 2.75) is 0 Å². The van der Waals surface area contributed by atoms with Gasteiger partial charge < -0.3 is 4.74 Å². The summed E-state index contributed by atoms with van der Waals surface area (Å²) in [5.74, 6) is -0.565. The van der Waals surface area contributed by atoms with Crippen molar-refractivity contribution in [3.05, 3.63) is 82.0 Å². The van der Waals surface area contributed by atoms with Crippen molar-refractivity contribution < 1.29 is 13.9 Å². The molecule has 0 aliphatic rings. The minimum absolute atomic E-state index is 0.110. The third-order valence-electron chi connectivity index (χ3n) is 3.13. The van der Waals surface area contributed by atoms with Gasteiger partial charge >= 0.3 is 5.97 Å². The summed E-state index contributed by atoms with van der Waals surface area (Å²) in [6.45, 7) is 0. The number of carbonyl (C=O) groups is 1. The SMILES string of the molecule is O=C(Oc1ccc(/C=N/Nc2nncc(=O)[nH]2)cc1)c1ccc(F)cc1. The van der Waals surface area contributed by atoms with Crippen LogP contribution in [0.4, 0.5) is 10.3 Å². The highest BCUT2D eigenvalue weighted by Gasteiger charge is 2.08. The molecule has 0 amide bonds. The molecule has 3 rings (SSSR count). The van der Waals surface area contributed by atoms with Gasteiger partial charge in [0.05, 0.1) is 11.8 Å². The number of aromatic nitrogens is 3. The van der Waals surface area contributed by atoms with E-state index in [0.717, 1.165) is 6.20 Å². The Morgan fingerprint density at radius 3 is 2.58 bits per heavy atom. The van der Waals surface area contributed by atoms with E-state index >= 15 is 0 Å². The van der Waals surface area contributed by atoms with Gasteiger partial charge in [0.15, 0.2) is 0 Å². The Bertz CT molecular complexity index is 984. The number of nitrogens with one attached hydrogen (secondary N) is 2. The summed E-state index contributed by atoms with van der Waals surface area (Å²) in [6, 6.07) is 11.6. The lowest BCUT2D eigenvalue weighted by Crippen LogP contribution is -2.10. The molecule has 2 N–H and O–H groups in total. The fraction of sp³-hybridized carbons (Fsp3) is 0. The average molecular weight is 353 g/mol. The van der Waals surface area contributed by atoms with Gasteiger partial charge in [-0.2, -0.15) is 5.10 Å². The quantitative estimate of drug-likeness (QED) is 0.314. The summed E-state index contributed by atoms with van der Waals surface area (Å²) < 4.78 is 18.1. The normalized spacial score (nSPS) is 10.7. The molecule has 0 aliphatic heterocycles. The highest BCUT2D eigenvalue weighted by Crippen LogP contribution is 2.14. The number of esters is 1. The maximum atomic E-state index is 12.9. The molecule has 26 heavy (non-hydrogen) atoms. The van der Waals surface area contributed by atoms with Crippen LogP contribution in [0, 0.1) is 5.82 Å². The minimum atomic E-state index is -0.584. The van der Waals surface area contributed by atoms with Gasteiger partial charge in [-0.05, 0) is 54.1 Å². The lowest BCUT2D eigenvalue weighted by Gasteiger charge is -2.04. The van der Waals surface area contributed by atoms with Crippen LogP contribution in [0.3, 0.4) is 0 Å². The van der Waals surface area contributed by atoms with Gasteiger partial charge in [-0.25, -0.2) is 14.6 Å². The summed E-state index contributed by atoms with van der Waals surface area (Å²) in [5.41, 5.74) is 3.10. The molecular formula is C17H12FN5O3. The number of rotatable bonds is 5. The van der Waals surface area contributed by atoms with Crippen LogP contribution in [-0.4, -0.2) is 27.4 Å². The van der Waals surface area contributed by atoms with Crippen LogP contribution in [0.25, 0.3) is 0 Å². The van der Waals surface area contributed by atoms with E-state index in [-0.39, 0.29) is 11.5 Å². The van der Waals surface area contributed by atoms with E-state index in [0.29, 0.717) is 11.3 Å². The van der Waals surface area contributed by atoms with E-state index < -0.39 is 17.3 Å². The molecule has 0 aliphatic carbocycles. The Labute approximate surface area is 146 Å². The molecule has 0 atom stereocenters. The number of H-pyrrole nitrogens is 1. The number of ether oxygens (including phenoxy) is 1. The Hall–Kier alpha value is -3.88. The molecule has 0 bridgehead atoms. The highest BCUT2D eigenvalue weighted by molar-refractivity contribution is 5.91. The largest absolute Gasteiger partial charge is 0.423 e. The first-order valence-corrected chi connectivity index (χ1v) is 7.39. The van der Waals surface area contributed by atoms with Crippen molar-refractivity contribution in [3.63, 3.8) is 0 Å². The molecule has 0 unspecified atom stereocenters. The molecule has 130 valence electrons. The van der Waals surface area contributed by atoms with Crippen molar-refractivity contribution in [1.29, 1.82) is 0 Å². The second kappa shape index (κ2) is 7.79. The van der Waals surface area contributed by atoms with Crippen LogP contribution in [0.5, 0.6) is 5.75 Å². The predicted molar refractivity (Wildman–Crippen MR) is 91.7 cm³/mol. The Kier molecular flexibility index (Phi) is 5.08. The molecule has 1 heterocycles. The number of halogens is 1. The Morgan fingerprint density at radius 1 is 1.15 bits per heavy atom. The monoisotopic (exact) mass is 353 g/mol. The van der Waals surface area contributed by atoms with E-state index in [9.17, 15) is 14.0 Å². The molecule has 0 fully saturated rings.